The molecule has 0 aliphatic heterocycles. The van der Waals surface area contributed by atoms with Gasteiger partial charge in [0.2, 0.25) is 0 Å². The van der Waals surface area contributed by atoms with Gasteiger partial charge in [0.1, 0.15) is 0 Å². The second-order valence-corrected chi connectivity index (χ2v) is 5.50. The van der Waals surface area contributed by atoms with Gasteiger partial charge in [-0.3, -0.25) is 0 Å². The van der Waals surface area contributed by atoms with Crippen LogP contribution in [0.15, 0.2) is 109 Å². The highest BCUT2D eigenvalue weighted by molar-refractivity contribution is 5.81. The third-order valence-corrected chi connectivity index (χ3v) is 3.75. The standard InChI is InChI=1S/C13H12.C10H8/c1-3-7-12(8-4-1)11-13-9-5-2-6-10-13;1-2-6-10-8-4-3-7-9(10)5-1/h1-10H,11H2;1-8H. The van der Waals surface area contributed by atoms with Crippen molar-refractivity contribution in [3.63, 3.8) is 0 Å². The van der Waals surface area contributed by atoms with E-state index in [2.05, 4.69) is 109 Å². The minimum atomic E-state index is 1.03. The molecule has 4 rings (SSSR count). The summed E-state index contributed by atoms with van der Waals surface area (Å²) in [5.74, 6) is 0. The quantitative estimate of drug-likeness (QED) is 0.418. The van der Waals surface area contributed by atoms with Gasteiger partial charge in [-0.2, -0.15) is 0 Å². The van der Waals surface area contributed by atoms with E-state index in [1.165, 1.54) is 21.9 Å². The van der Waals surface area contributed by atoms with Crippen molar-refractivity contribution in [1.29, 1.82) is 0 Å². The molecule has 0 amide bonds. The van der Waals surface area contributed by atoms with Crippen molar-refractivity contribution in [3.8, 4) is 0 Å². The third-order valence-electron chi connectivity index (χ3n) is 3.75. The molecule has 0 unspecified atom stereocenters. The fourth-order valence-electron chi connectivity index (χ4n) is 2.56. The van der Waals surface area contributed by atoms with E-state index in [4.69, 9.17) is 0 Å². The molecule has 0 spiro atoms. The first kappa shape index (κ1) is 15.1. The van der Waals surface area contributed by atoms with Crippen LogP contribution in [-0.4, -0.2) is 0 Å². The molecule has 0 saturated carbocycles. The first-order chi connectivity index (χ1) is 11.4. The second kappa shape index (κ2) is 7.95. The summed E-state index contributed by atoms with van der Waals surface area (Å²) in [5.41, 5.74) is 2.74. The third kappa shape index (κ3) is 4.55. The van der Waals surface area contributed by atoms with Crippen molar-refractivity contribution in [1.82, 2.24) is 0 Å². The Kier molecular flexibility index (Phi) is 5.21. The van der Waals surface area contributed by atoms with Crippen molar-refractivity contribution in [2.75, 3.05) is 0 Å². The molecule has 0 aliphatic rings. The molecule has 0 bridgehead atoms. The van der Waals surface area contributed by atoms with Crippen molar-refractivity contribution in [2.45, 2.75) is 6.42 Å². The van der Waals surface area contributed by atoms with Crippen molar-refractivity contribution >= 4 is 10.8 Å². The smallest absolute Gasteiger partial charge is 0.00258 e. The van der Waals surface area contributed by atoms with Crippen LogP contribution in [0.25, 0.3) is 10.8 Å². The number of hydrogen-bond donors (Lipinski definition) is 0. The van der Waals surface area contributed by atoms with Gasteiger partial charge in [0.25, 0.3) is 0 Å². The number of rotatable bonds is 2. The lowest BCUT2D eigenvalue weighted by Gasteiger charge is -2.00. The number of fused-ring (bicyclic) bond motifs is 1. The second-order valence-electron chi connectivity index (χ2n) is 5.50. The topological polar surface area (TPSA) is 0 Å². The number of hydrogen-bond acceptors (Lipinski definition) is 0. The predicted molar refractivity (Wildman–Crippen MR) is 99.6 cm³/mol. The van der Waals surface area contributed by atoms with Crippen molar-refractivity contribution in [2.24, 2.45) is 0 Å². The Bertz CT molecular complexity index is 730. The average molecular weight is 296 g/mol. The van der Waals surface area contributed by atoms with Crippen LogP contribution >= 0.6 is 0 Å². The van der Waals surface area contributed by atoms with E-state index in [0.29, 0.717) is 0 Å². The Hall–Kier alpha value is -2.86. The Balaban J connectivity index is 0.000000140. The van der Waals surface area contributed by atoms with E-state index in [0.717, 1.165) is 6.42 Å². The fraction of sp³-hybridized carbons (Fsp3) is 0.0435. The molecule has 0 radical (unpaired) electrons. The maximum atomic E-state index is 2.16. The summed E-state index contributed by atoms with van der Waals surface area (Å²) in [5, 5.41) is 2.62. The molecule has 0 fully saturated rings. The number of benzene rings is 4. The minimum absolute atomic E-state index is 1.03. The van der Waals surface area contributed by atoms with E-state index in [-0.39, 0.29) is 0 Å². The molecular weight excluding hydrogens is 276 g/mol. The van der Waals surface area contributed by atoms with E-state index in [1.54, 1.807) is 0 Å². The van der Waals surface area contributed by atoms with Crippen molar-refractivity contribution < 1.29 is 0 Å². The van der Waals surface area contributed by atoms with Crippen molar-refractivity contribution in [3.05, 3.63) is 120 Å². The summed E-state index contributed by atoms with van der Waals surface area (Å²) in [4.78, 5) is 0. The molecule has 0 aromatic heterocycles. The van der Waals surface area contributed by atoms with E-state index in [9.17, 15) is 0 Å². The Morgan fingerprint density at radius 2 is 0.652 bits per heavy atom. The van der Waals surface area contributed by atoms with E-state index in [1.807, 2.05) is 0 Å². The summed E-state index contributed by atoms with van der Waals surface area (Å²) < 4.78 is 0. The average Bonchev–Trinajstić information content (AvgIpc) is 2.64. The van der Waals surface area contributed by atoms with Crippen LogP contribution in [0.3, 0.4) is 0 Å². The lowest BCUT2D eigenvalue weighted by atomic mass is 10.1. The van der Waals surface area contributed by atoms with Crippen LogP contribution in [0.1, 0.15) is 11.1 Å². The Labute approximate surface area is 138 Å². The molecular formula is C23H20. The summed E-state index contributed by atoms with van der Waals surface area (Å²) in [6, 6.07) is 37.8. The van der Waals surface area contributed by atoms with Crippen LogP contribution in [-0.2, 0) is 6.42 Å². The van der Waals surface area contributed by atoms with Gasteiger partial charge >= 0.3 is 0 Å². The monoisotopic (exact) mass is 296 g/mol. The molecule has 0 nitrogen and oxygen atoms in total. The first-order valence-corrected chi connectivity index (χ1v) is 7.93. The van der Waals surface area contributed by atoms with Gasteiger partial charge in [-0.15, -0.1) is 0 Å². The maximum absolute atomic E-state index is 2.16. The van der Waals surface area contributed by atoms with Gasteiger partial charge < -0.3 is 0 Å². The largest absolute Gasteiger partial charge is 0.0622 e. The molecule has 0 atom stereocenters. The summed E-state index contributed by atoms with van der Waals surface area (Å²) >= 11 is 0. The van der Waals surface area contributed by atoms with Gasteiger partial charge in [-0.05, 0) is 28.3 Å². The molecule has 0 aliphatic carbocycles. The maximum Gasteiger partial charge on any atom is -0.00258 e. The zero-order valence-corrected chi connectivity index (χ0v) is 13.1. The van der Waals surface area contributed by atoms with E-state index >= 15 is 0 Å². The molecule has 0 heteroatoms. The highest BCUT2D eigenvalue weighted by Gasteiger charge is 1.92. The van der Waals surface area contributed by atoms with Gasteiger partial charge in [0, 0.05) is 0 Å². The highest BCUT2D eigenvalue weighted by atomic mass is 14.0. The van der Waals surface area contributed by atoms with Crippen LogP contribution < -0.4 is 0 Å². The van der Waals surface area contributed by atoms with Gasteiger partial charge in [-0.1, -0.05) is 109 Å². The lowest BCUT2D eigenvalue weighted by Crippen LogP contribution is -1.85. The van der Waals surface area contributed by atoms with E-state index < -0.39 is 0 Å². The van der Waals surface area contributed by atoms with Gasteiger partial charge in [-0.25, -0.2) is 0 Å². The molecule has 112 valence electrons. The Morgan fingerprint density at radius 1 is 0.348 bits per heavy atom. The van der Waals surface area contributed by atoms with Crippen LogP contribution in [0.2, 0.25) is 0 Å². The van der Waals surface area contributed by atoms with Crippen LogP contribution in [0, 0.1) is 0 Å². The van der Waals surface area contributed by atoms with Crippen LogP contribution in [0.4, 0.5) is 0 Å². The van der Waals surface area contributed by atoms with Gasteiger partial charge in [0.15, 0.2) is 0 Å². The summed E-state index contributed by atoms with van der Waals surface area (Å²) in [6.45, 7) is 0. The molecule has 0 heterocycles. The molecule has 23 heavy (non-hydrogen) atoms. The highest BCUT2D eigenvalue weighted by Crippen LogP contribution is 2.11. The predicted octanol–water partition coefficient (Wildman–Crippen LogP) is 6.12. The summed E-state index contributed by atoms with van der Waals surface area (Å²) in [6.07, 6.45) is 1.03. The SMILES string of the molecule is c1ccc(Cc2ccccc2)cc1.c1ccc2ccccc2c1. The molecule has 4 aromatic rings. The molecule has 4 aromatic carbocycles. The molecule has 0 saturated heterocycles. The van der Waals surface area contributed by atoms with Gasteiger partial charge in [0.05, 0.1) is 0 Å². The normalized spacial score (nSPS) is 9.91. The first-order valence-electron chi connectivity index (χ1n) is 7.93. The summed E-state index contributed by atoms with van der Waals surface area (Å²) in [7, 11) is 0. The molecule has 0 N–H and O–H groups in total. The zero-order chi connectivity index (χ0) is 15.7. The zero-order valence-electron chi connectivity index (χ0n) is 13.1. The minimum Gasteiger partial charge on any atom is -0.0622 e. The fourth-order valence-corrected chi connectivity index (χ4v) is 2.56. The lowest BCUT2D eigenvalue weighted by molar-refractivity contribution is 1.19. The van der Waals surface area contributed by atoms with Crippen LogP contribution in [0.5, 0.6) is 0 Å². The Morgan fingerprint density at radius 3 is 1.00 bits per heavy atom.